The number of aryl methyl sites for hydroxylation is 1. The second kappa shape index (κ2) is 4.25. The Morgan fingerprint density at radius 1 is 0.941 bits per heavy atom. The molecule has 2 nitrogen and oxygen atoms in total. The van der Waals surface area contributed by atoms with Crippen LogP contribution in [0.3, 0.4) is 0 Å². The Balaban J connectivity index is 2.51. The van der Waals surface area contributed by atoms with Crippen LogP contribution in [0.15, 0.2) is 4.99 Å². The highest BCUT2D eigenvalue weighted by molar-refractivity contribution is 6.01. The van der Waals surface area contributed by atoms with Crippen molar-refractivity contribution in [1.29, 1.82) is 0 Å². The predicted molar refractivity (Wildman–Crippen MR) is 73.0 cm³/mol. The molecule has 2 unspecified atom stereocenters. The molecule has 1 aliphatic rings. The van der Waals surface area contributed by atoms with E-state index in [4.69, 9.17) is 9.98 Å². The Morgan fingerprint density at radius 2 is 1.59 bits per heavy atom. The molecule has 0 bridgehead atoms. The van der Waals surface area contributed by atoms with E-state index in [0.29, 0.717) is 12.0 Å². The minimum absolute atomic E-state index is 0.438. The standard InChI is InChI=1S/C15H22N2/c1-8-7-14(16-12(8)5)15-11(4)9(2)10(3)13(6)17-15/h8,12H,7H2,1-6H3. The number of aliphatic imine (C=N–C) groups is 1. The van der Waals surface area contributed by atoms with E-state index in [2.05, 4.69) is 41.5 Å². The van der Waals surface area contributed by atoms with Gasteiger partial charge in [-0.3, -0.25) is 9.98 Å². The molecule has 2 rings (SSSR count). The van der Waals surface area contributed by atoms with E-state index in [9.17, 15) is 0 Å². The van der Waals surface area contributed by atoms with Gasteiger partial charge in [0.25, 0.3) is 0 Å². The van der Waals surface area contributed by atoms with Gasteiger partial charge in [-0.2, -0.15) is 0 Å². The first kappa shape index (κ1) is 12.3. The second-order valence-electron chi connectivity index (χ2n) is 5.42. The number of pyridine rings is 1. The maximum atomic E-state index is 4.77. The molecule has 17 heavy (non-hydrogen) atoms. The Hall–Kier alpha value is -1.18. The van der Waals surface area contributed by atoms with Crippen molar-refractivity contribution in [3.8, 4) is 0 Å². The zero-order valence-corrected chi connectivity index (χ0v) is 11.8. The minimum atomic E-state index is 0.438. The molecular weight excluding hydrogens is 208 g/mol. The Kier molecular flexibility index (Phi) is 3.07. The Morgan fingerprint density at radius 3 is 2.12 bits per heavy atom. The van der Waals surface area contributed by atoms with Gasteiger partial charge in [-0.05, 0) is 63.6 Å². The lowest BCUT2D eigenvalue weighted by Crippen LogP contribution is -2.09. The van der Waals surface area contributed by atoms with Crippen LogP contribution in [-0.4, -0.2) is 16.7 Å². The van der Waals surface area contributed by atoms with Crippen LogP contribution < -0.4 is 0 Å². The zero-order chi connectivity index (χ0) is 12.7. The van der Waals surface area contributed by atoms with E-state index in [1.807, 2.05) is 0 Å². The van der Waals surface area contributed by atoms with Crippen LogP contribution in [0.25, 0.3) is 0 Å². The van der Waals surface area contributed by atoms with Crippen LogP contribution in [0.1, 0.15) is 48.3 Å². The average molecular weight is 230 g/mol. The van der Waals surface area contributed by atoms with Crippen molar-refractivity contribution in [3.63, 3.8) is 0 Å². The van der Waals surface area contributed by atoms with Gasteiger partial charge < -0.3 is 0 Å². The minimum Gasteiger partial charge on any atom is -0.284 e. The van der Waals surface area contributed by atoms with Crippen molar-refractivity contribution in [3.05, 3.63) is 28.1 Å². The summed E-state index contributed by atoms with van der Waals surface area (Å²) in [5.41, 5.74) is 7.44. The fourth-order valence-electron chi connectivity index (χ4n) is 2.41. The van der Waals surface area contributed by atoms with Crippen LogP contribution in [0.5, 0.6) is 0 Å². The number of aromatic nitrogens is 1. The molecule has 92 valence electrons. The summed E-state index contributed by atoms with van der Waals surface area (Å²) in [5.74, 6) is 0.646. The molecule has 0 aliphatic carbocycles. The van der Waals surface area contributed by atoms with Gasteiger partial charge in [-0.15, -0.1) is 0 Å². The van der Waals surface area contributed by atoms with E-state index >= 15 is 0 Å². The van der Waals surface area contributed by atoms with Crippen LogP contribution in [0.2, 0.25) is 0 Å². The first-order valence-corrected chi connectivity index (χ1v) is 6.43. The number of hydrogen-bond donors (Lipinski definition) is 0. The lowest BCUT2D eigenvalue weighted by Gasteiger charge is -2.13. The summed E-state index contributed by atoms with van der Waals surface area (Å²) in [4.78, 5) is 9.52. The highest BCUT2D eigenvalue weighted by atomic mass is 14.9. The third-order valence-electron chi connectivity index (χ3n) is 4.27. The predicted octanol–water partition coefficient (Wildman–Crippen LogP) is 3.53. The molecule has 0 aromatic carbocycles. The topological polar surface area (TPSA) is 25.2 Å². The molecule has 0 saturated heterocycles. The molecule has 2 heteroatoms. The van der Waals surface area contributed by atoms with Gasteiger partial charge in [0.15, 0.2) is 0 Å². The Labute approximate surface area is 104 Å². The summed E-state index contributed by atoms with van der Waals surface area (Å²) in [6, 6.07) is 0.438. The van der Waals surface area contributed by atoms with Crippen LogP contribution in [0.4, 0.5) is 0 Å². The molecule has 0 fully saturated rings. The molecule has 1 aliphatic heterocycles. The summed E-state index contributed by atoms with van der Waals surface area (Å²) in [5, 5.41) is 0. The van der Waals surface area contributed by atoms with Crippen molar-refractivity contribution < 1.29 is 0 Å². The molecule has 0 spiro atoms. The van der Waals surface area contributed by atoms with Crippen molar-refractivity contribution in [2.45, 2.75) is 54.0 Å². The first-order chi connectivity index (χ1) is 7.91. The second-order valence-corrected chi connectivity index (χ2v) is 5.42. The largest absolute Gasteiger partial charge is 0.284 e. The smallest absolute Gasteiger partial charge is 0.0875 e. The zero-order valence-electron chi connectivity index (χ0n) is 11.8. The number of rotatable bonds is 1. The third kappa shape index (κ3) is 2.01. The normalized spacial score (nSPS) is 24.0. The van der Waals surface area contributed by atoms with Gasteiger partial charge in [-0.25, -0.2) is 0 Å². The van der Waals surface area contributed by atoms with Gasteiger partial charge in [0, 0.05) is 5.69 Å². The van der Waals surface area contributed by atoms with Gasteiger partial charge >= 0.3 is 0 Å². The number of hydrogen-bond acceptors (Lipinski definition) is 2. The molecule has 2 atom stereocenters. The molecule has 1 aromatic heterocycles. The van der Waals surface area contributed by atoms with Crippen molar-refractivity contribution in [2.75, 3.05) is 0 Å². The van der Waals surface area contributed by atoms with E-state index in [-0.39, 0.29) is 0 Å². The molecule has 0 amide bonds. The first-order valence-electron chi connectivity index (χ1n) is 6.43. The quantitative estimate of drug-likeness (QED) is 0.724. The molecular formula is C15H22N2. The van der Waals surface area contributed by atoms with Gasteiger partial charge in [0.05, 0.1) is 17.4 Å². The third-order valence-corrected chi connectivity index (χ3v) is 4.27. The maximum Gasteiger partial charge on any atom is 0.0875 e. The van der Waals surface area contributed by atoms with E-state index in [1.54, 1.807) is 0 Å². The van der Waals surface area contributed by atoms with E-state index in [0.717, 1.165) is 17.8 Å². The maximum absolute atomic E-state index is 4.77. The van der Waals surface area contributed by atoms with Gasteiger partial charge in [0.2, 0.25) is 0 Å². The van der Waals surface area contributed by atoms with Crippen LogP contribution in [0, 0.1) is 33.6 Å². The Bertz CT molecular complexity index is 486. The highest BCUT2D eigenvalue weighted by Gasteiger charge is 2.25. The molecule has 0 radical (unpaired) electrons. The van der Waals surface area contributed by atoms with E-state index < -0.39 is 0 Å². The summed E-state index contributed by atoms with van der Waals surface area (Å²) in [6.45, 7) is 13.1. The average Bonchev–Trinajstić information content (AvgIpc) is 2.61. The molecule has 1 aromatic rings. The van der Waals surface area contributed by atoms with Crippen LogP contribution in [-0.2, 0) is 0 Å². The lowest BCUT2D eigenvalue weighted by atomic mass is 9.96. The van der Waals surface area contributed by atoms with Crippen molar-refractivity contribution in [2.24, 2.45) is 10.9 Å². The monoisotopic (exact) mass is 230 g/mol. The highest BCUT2D eigenvalue weighted by Crippen LogP contribution is 2.27. The van der Waals surface area contributed by atoms with Gasteiger partial charge in [0.1, 0.15) is 0 Å². The van der Waals surface area contributed by atoms with Crippen molar-refractivity contribution >= 4 is 5.71 Å². The summed E-state index contributed by atoms with van der Waals surface area (Å²) in [7, 11) is 0. The fourth-order valence-corrected chi connectivity index (χ4v) is 2.41. The lowest BCUT2D eigenvalue weighted by molar-refractivity contribution is 0.539. The summed E-state index contributed by atoms with van der Waals surface area (Å²) < 4.78 is 0. The fraction of sp³-hybridized carbons (Fsp3) is 0.600. The molecule has 0 N–H and O–H groups in total. The molecule has 2 heterocycles. The summed E-state index contributed by atoms with van der Waals surface area (Å²) >= 11 is 0. The van der Waals surface area contributed by atoms with E-state index in [1.165, 1.54) is 22.4 Å². The van der Waals surface area contributed by atoms with Gasteiger partial charge in [-0.1, -0.05) is 6.92 Å². The SMILES string of the molecule is Cc1nc(C2=NC(C)C(C)C2)c(C)c(C)c1C. The summed E-state index contributed by atoms with van der Waals surface area (Å²) in [6.07, 6.45) is 1.07. The van der Waals surface area contributed by atoms with Crippen molar-refractivity contribution in [1.82, 2.24) is 4.98 Å². The number of nitrogens with zero attached hydrogens (tertiary/aromatic N) is 2. The van der Waals surface area contributed by atoms with Crippen LogP contribution >= 0.6 is 0 Å². The molecule has 0 saturated carbocycles.